The highest BCUT2D eigenvalue weighted by Gasteiger charge is 2.32. The van der Waals surface area contributed by atoms with Crippen molar-refractivity contribution < 1.29 is 38.7 Å². The second-order valence-corrected chi connectivity index (χ2v) is 15.9. The lowest BCUT2D eigenvalue weighted by Gasteiger charge is -2.29. The van der Waals surface area contributed by atoms with Crippen LogP contribution in [0.3, 0.4) is 0 Å². The number of carboxylic acid groups (broad SMARTS) is 2. The molecule has 2 fully saturated rings. The molecule has 0 radical (unpaired) electrons. The number of benzene rings is 2. The van der Waals surface area contributed by atoms with Gasteiger partial charge in [0.25, 0.3) is 0 Å². The number of methoxy groups -OCH3 is 2. The first-order valence-corrected chi connectivity index (χ1v) is 20.6. The van der Waals surface area contributed by atoms with E-state index in [0.717, 1.165) is 83.0 Å². The van der Waals surface area contributed by atoms with Crippen LogP contribution < -0.4 is 29.6 Å². The molecule has 4 aromatic rings. The number of halogens is 2. The van der Waals surface area contributed by atoms with Crippen LogP contribution in [0.1, 0.15) is 84.7 Å². The molecule has 0 unspecified atom stereocenters. The Labute approximate surface area is 349 Å². The van der Waals surface area contributed by atoms with Gasteiger partial charge in [0.1, 0.15) is 23.3 Å². The van der Waals surface area contributed by atoms with Gasteiger partial charge in [0.15, 0.2) is 0 Å². The first-order valence-electron chi connectivity index (χ1n) is 19.8. The summed E-state index contributed by atoms with van der Waals surface area (Å²) in [6.45, 7) is 5.29. The van der Waals surface area contributed by atoms with E-state index >= 15 is 0 Å². The third kappa shape index (κ3) is 10.1. The summed E-state index contributed by atoms with van der Waals surface area (Å²) in [5.74, 6) is -1.19. The second kappa shape index (κ2) is 19.9. The van der Waals surface area contributed by atoms with Crippen molar-refractivity contribution in [1.29, 1.82) is 0 Å². The van der Waals surface area contributed by atoms with Gasteiger partial charge in [-0.25, -0.2) is 0 Å². The van der Waals surface area contributed by atoms with Crippen molar-refractivity contribution in [3.05, 3.63) is 92.0 Å². The maximum absolute atomic E-state index is 11.8. The van der Waals surface area contributed by atoms with Crippen molar-refractivity contribution in [3.63, 3.8) is 0 Å². The lowest BCUT2D eigenvalue weighted by Crippen LogP contribution is -2.41. The molecule has 2 heterocycles. The normalized spacial score (nSPS) is 19.3. The smallest absolute Gasteiger partial charge is 0.308 e. The van der Waals surface area contributed by atoms with Gasteiger partial charge in [0.2, 0.25) is 23.5 Å². The van der Waals surface area contributed by atoms with Crippen LogP contribution in [-0.4, -0.2) is 58.4 Å². The van der Waals surface area contributed by atoms with Crippen molar-refractivity contribution in [2.75, 3.05) is 14.2 Å². The molecule has 2 aromatic carbocycles. The fourth-order valence-electron chi connectivity index (χ4n) is 8.18. The Morgan fingerprint density at radius 2 is 1.03 bits per heavy atom. The van der Waals surface area contributed by atoms with E-state index in [4.69, 9.17) is 42.1 Å². The Morgan fingerprint density at radius 3 is 1.41 bits per heavy atom. The lowest BCUT2D eigenvalue weighted by atomic mass is 9.84. The average molecular weight is 836 g/mol. The predicted octanol–water partition coefficient (Wildman–Crippen LogP) is 8.71. The number of aliphatic carboxylic acids is 2. The van der Waals surface area contributed by atoms with Crippen LogP contribution in [0.2, 0.25) is 10.0 Å². The van der Waals surface area contributed by atoms with E-state index in [1.165, 1.54) is 14.2 Å². The molecule has 0 saturated heterocycles. The summed E-state index contributed by atoms with van der Waals surface area (Å²) in [6.07, 6.45) is 6.74. The number of rotatable bonds is 17. The summed E-state index contributed by atoms with van der Waals surface area (Å²) in [6, 6.07) is 15.4. The van der Waals surface area contributed by atoms with E-state index < -0.39 is 23.8 Å². The Morgan fingerprint density at radius 1 is 0.638 bits per heavy atom. The SMILES string of the molecule is COc1nc(OCc2cccc(-c3cccc(COc4nc(OC)c(CN[C@@H]5CCCC[C@@H]5C(=O)O)cc4Cl)c3C)c2C)c(Cl)cc1CN[C@H]1CCCC[C@H]1C(=O)O. The maximum atomic E-state index is 11.8. The summed E-state index contributed by atoms with van der Waals surface area (Å²) >= 11 is 13.4. The van der Waals surface area contributed by atoms with E-state index in [1.54, 1.807) is 12.1 Å². The van der Waals surface area contributed by atoms with Gasteiger partial charge < -0.3 is 39.8 Å². The topological polar surface area (TPSA) is 161 Å². The summed E-state index contributed by atoms with van der Waals surface area (Å²) in [7, 11) is 3.07. The van der Waals surface area contributed by atoms with Gasteiger partial charge in [-0.2, -0.15) is 9.97 Å². The number of pyridine rings is 2. The summed E-state index contributed by atoms with van der Waals surface area (Å²) in [4.78, 5) is 32.7. The van der Waals surface area contributed by atoms with Crippen LogP contribution in [0.25, 0.3) is 11.1 Å². The molecule has 0 spiro atoms. The summed E-state index contributed by atoms with van der Waals surface area (Å²) < 4.78 is 23.5. The minimum atomic E-state index is -0.776. The quantitative estimate of drug-likeness (QED) is 0.0802. The van der Waals surface area contributed by atoms with E-state index in [0.29, 0.717) is 47.7 Å². The highest BCUT2D eigenvalue weighted by atomic mass is 35.5. The second-order valence-electron chi connectivity index (χ2n) is 15.1. The molecule has 0 bridgehead atoms. The van der Waals surface area contributed by atoms with Gasteiger partial charge in [0, 0.05) is 36.3 Å². The zero-order valence-corrected chi connectivity index (χ0v) is 34.9. The minimum Gasteiger partial charge on any atom is -0.481 e. The predicted molar refractivity (Wildman–Crippen MR) is 222 cm³/mol. The number of ether oxygens (including phenoxy) is 4. The minimum absolute atomic E-state index is 0.132. The number of aromatic nitrogens is 2. The Hall–Kier alpha value is -4.62. The van der Waals surface area contributed by atoms with Gasteiger partial charge in [-0.1, -0.05) is 85.3 Å². The third-order valence-corrected chi connectivity index (χ3v) is 12.1. The molecular weight excluding hydrogens is 783 g/mol. The standard InChI is InChI=1S/C44H52Cl2N4O8/c1-25-27(23-57-41-35(45)19-29(39(49-41)55-3)21-47-37-17-7-5-13-33(37)43(51)52)11-9-15-31(25)32-16-10-12-28(26(32)2)24-58-42-36(46)20-30(40(50-42)56-4)22-48-38-18-8-6-14-34(38)44(53)54/h9-12,15-16,19-20,33-34,37-38,47-48H,5-8,13-14,17-18,21-24H2,1-4H3,(H,51,52)(H,53,54)/t33-,34+,37+,38-. The fourth-order valence-corrected chi connectivity index (χ4v) is 8.63. The molecule has 4 N–H and O–H groups in total. The van der Waals surface area contributed by atoms with Crippen LogP contribution in [0, 0.1) is 25.7 Å². The molecular formula is C44H52Cl2N4O8. The van der Waals surface area contributed by atoms with E-state index in [2.05, 4.69) is 46.6 Å². The monoisotopic (exact) mass is 834 g/mol. The number of carbonyl (C=O) groups is 2. The van der Waals surface area contributed by atoms with Crippen LogP contribution in [0.15, 0.2) is 48.5 Å². The summed E-state index contributed by atoms with van der Waals surface area (Å²) in [5.41, 5.74) is 7.51. The summed E-state index contributed by atoms with van der Waals surface area (Å²) in [5, 5.41) is 26.8. The molecule has 310 valence electrons. The van der Waals surface area contributed by atoms with Crippen LogP contribution in [0.5, 0.6) is 23.5 Å². The van der Waals surface area contributed by atoms with Crippen LogP contribution in [-0.2, 0) is 35.9 Å². The number of hydrogen-bond acceptors (Lipinski definition) is 10. The van der Waals surface area contributed by atoms with Gasteiger partial charge in [0.05, 0.1) is 26.1 Å². The largest absolute Gasteiger partial charge is 0.481 e. The molecule has 14 heteroatoms. The molecule has 4 atom stereocenters. The average Bonchev–Trinajstić information content (AvgIpc) is 3.22. The van der Waals surface area contributed by atoms with E-state index in [-0.39, 0.29) is 37.1 Å². The number of carboxylic acids is 2. The molecule has 2 aliphatic carbocycles. The Kier molecular flexibility index (Phi) is 14.7. The van der Waals surface area contributed by atoms with Crippen molar-refractivity contribution >= 4 is 35.1 Å². The molecule has 2 saturated carbocycles. The zero-order valence-electron chi connectivity index (χ0n) is 33.4. The van der Waals surface area contributed by atoms with Gasteiger partial charge in [-0.3, -0.25) is 9.59 Å². The van der Waals surface area contributed by atoms with Crippen molar-refractivity contribution in [3.8, 4) is 34.6 Å². The molecule has 2 aliphatic rings. The molecule has 58 heavy (non-hydrogen) atoms. The number of nitrogens with one attached hydrogen (secondary N) is 2. The van der Waals surface area contributed by atoms with Crippen molar-refractivity contribution in [2.24, 2.45) is 11.8 Å². The highest BCUT2D eigenvalue weighted by Crippen LogP contribution is 2.35. The van der Waals surface area contributed by atoms with Gasteiger partial charge >= 0.3 is 11.9 Å². The first-order chi connectivity index (χ1) is 28.0. The highest BCUT2D eigenvalue weighted by molar-refractivity contribution is 6.32. The molecule has 12 nitrogen and oxygen atoms in total. The third-order valence-electron chi connectivity index (χ3n) is 11.5. The Bertz CT molecular complexity index is 1950. The molecule has 0 amide bonds. The first kappa shape index (κ1) is 43.0. The molecule has 0 aliphatic heterocycles. The van der Waals surface area contributed by atoms with Gasteiger partial charge in [-0.05, 0) is 85.0 Å². The van der Waals surface area contributed by atoms with Crippen LogP contribution >= 0.6 is 23.2 Å². The van der Waals surface area contributed by atoms with Crippen molar-refractivity contribution in [1.82, 2.24) is 20.6 Å². The zero-order chi connectivity index (χ0) is 41.3. The number of nitrogens with zero attached hydrogens (tertiary/aromatic N) is 2. The fraction of sp³-hybridized carbons (Fsp3) is 0.455. The van der Waals surface area contributed by atoms with E-state index in [9.17, 15) is 19.8 Å². The van der Waals surface area contributed by atoms with Crippen molar-refractivity contribution in [2.45, 2.75) is 104 Å². The maximum Gasteiger partial charge on any atom is 0.308 e. The van der Waals surface area contributed by atoms with E-state index in [1.807, 2.05) is 24.3 Å². The van der Waals surface area contributed by atoms with Gasteiger partial charge in [-0.15, -0.1) is 0 Å². The Balaban J connectivity index is 1.11. The molecule has 2 aromatic heterocycles. The molecule has 6 rings (SSSR count). The number of hydrogen-bond donors (Lipinski definition) is 4. The lowest BCUT2D eigenvalue weighted by molar-refractivity contribution is -0.144. The van der Waals surface area contributed by atoms with Crippen LogP contribution in [0.4, 0.5) is 0 Å².